The molecule has 19 heavy (non-hydrogen) atoms. The summed E-state index contributed by atoms with van der Waals surface area (Å²) in [6.45, 7) is 0. The first kappa shape index (κ1) is 14.3. The summed E-state index contributed by atoms with van der Waals surface area (Å²) in [5, 5.41) is 12.5. The molecule has 0 aromatic carbocycles. The Kier molecular flexibility index (Phi) is 4.82. The molecule has 1 saturated carbocycles. The summed E-state index contributed by atoms with van der Waals surface area (Å²) < 4.78 is 0. The molecule has 0 bridgehead atoms. The van der Waals surface area contributed by atoms with Gasteiger partial charge in [0.2, 0.25) is 0 Å². The summed E-state index contributed by atoms with van der Waals surface area (Å²) in [6, 6.07) is 3.98. The molecule has 1 aliphatic rings. The maximum atomic E-state index is 11.5. The van der Waals surface area contributed by atoms with Gasteiger partial charge in [0.1, 0.15) is 5.54 Å². The lowest BCUT2D eigenvalue weighted by molar-refractivity contribution is -0.146. The molecular weight excluding hydrogens is 260 g/mol. The zero-order valence-corrected chi connectivity index (χ0v) is 11.9. The van der Waals surface area contributed by atoms with Crippen LogP contribution < -0.4 is 5.32 Å². The average molecular weight is 280 g/mol. The molecule has 1 heterocycles. The second-order valence-corrected chi connectivity index (χ2v) is 6.10. The number of nitrogens with zero attached hydrogens (tertiary/aromatic N) is 1. The molecule has 1 fully saturated rings. The number of aliphatic carboxylic acids is 1. The standard InChI is InChI=1S/C14H20N2O2S/c1-15-14(13(17)18)7-2-3-11(14)6-10-19-12-4-8-16-9-5-12/h4-5,8-9,11,15H,2-3,6-7,10H2,1H3,(H,17,18). The van der Waals surface area contributed by atoms with Crippen LogP contribution >= 0.6 is 11.8 Å². The third kappa shape index (κ3) is 3.09. The van der Waals surface area contributed by atoms with E-state index in [1.165, 1.54) is 4.90 Å². The first-order chi connectivity index (χ1) is 9.19. The van der Waals surface area contributed by atoms with E-state index in [4.69, 9.17) is 0 Å². The van der Waals surface area contributed by atoms with Gasteiger partial charge in [0.25, 0.3) is 0 Å². The van der Waals surface area contributed by atoms with Crippen molar-refractivity contribution in [2.24, 2.45) is 5.92 Å². The van der Waals surface area contributed by atoms with Gasteiger partial charge < -0.3 is 10.4 Å². The molecule has 2 unspecified atom stereocenters. The fourth-order valence-electron chi connectivity index (χ4n) is 2.94. The van der Waals surface area contributed by atoms with Crippen molar-refractivity contribution in [2.75, 3.05) is 12.8 Å². The van der Waals surface area contributed by atoms with Gasteiger partial charge in [-0.2, -0.15) is 0 Å². The van der Waals surface area contributed by atoms with Crippen molar-refractivity contribution in [2.45, 2.75) is 36.1 Å². The number of carbonyl (C=O) groups is 1. The Morgan fingerprint density at radius 3 is 2.95 bits per heavy atom. The number of carboxylic acids is 1. The van der Waals surface area contributed by atoms with Gasteiger partial charge >= 0.3 is 5.97 Å². The average Bonchev–Trinajstić information content (AvgIpc) is 2.84. The Morgan fingerprint density at radius 1 is 1.58 bits per heavy atom. The lowest BCUT2D eigenvalue weighted by Crippen LogP contribution is -2.53. The molecule has 0 saturated heterocycles. The van der Waals surface area contributed by atoms with E-state index in [2.05, 4.69) is 10.3 Å². The Hall–Kier alpha value is -1.07. The molecule has 1 aliphatic carbocycles. The maximum Gasteiger partial charge on any atom is 0.324 e. The third-order valence-electron chi connectivity index (χ3n) is 4.03. The minimum absolute atomic E-state index is 0.226. The molecule has 5 heteroatoms. The summed E-state index contributed by atoms with van der Waals surface area (Å²) in [6.07, 6.45) is 7.24. The van der Waals surface area contributed by atoms with E-state index in [1.54, 1.807) is 31.2 Å². The first-order valence-corrected chi connectivity index (χ1v) is 7.63. The van der Waals surface area contributed by atoms with Crippen LogP contribution in [-0.4, -0.2) is 34.4 Å². The van der Waals surface area contributed by atoms with Crippen molar-refractivity contribution in [1.29, 1.82) is 0 Å². The van der Waals surface area contributed by atoms with Crippen molar-refractivity contribution >= 4 is 17.7 Å². The smallest absolute Gasteiger partial charge is 0.324 e. The number of nitrogens with one attached hydrogen (secondary N) is 1. The van der Waals surface area contributed by atoms with Gasteiger partial charge in [-0.15, -0.1) is 11.8 Å². The number of hydrogen-bond acceptors (Lipinski definition) is 4. The predicted octanol–water partition coefficient (Wildman–Crippen LogP) is 2.41. The molecule has 0 spiro atoms. The van der Waals surface area contributed by atoms with Crippen molar-refractivity contribution in [3.8, 4) is 0 Å². The number of hydrogen-bond donors (Lipinski definition) is 2. The van der Waals surface area contributed by atoms with Crippen LogP contribution in [0.15, 0.2) is 29.4 Å². The van der Waals surface area contributed by atoms with Crippen LogP contribution in [0.4, 0.5) is 0 Å². The van der Waals surface area contributed by atoms with Crippen molar-refractivity contribution in [1.82, 2.24) is 10.3 Å². The van der Waals surface area contributed by atoms with Gasteiger partial charge in [-0.05, 0) is 50.1 Å². The molecule has 1 aromatic rings. The molecule has 4 nitrogen and oxygen atoms in total. The third-order valence-corrected chi connectivity index (χ3v) is 5.08. The van der Waals surface area contributed by atoms with Crippen LogP contribution in [0.2, 0.25) is 0 Å². The van der Waals surface area contributed by atoms with E-state index in [0.717, 1.165) is 31.4 Å². The molecule has 2 rings (SSSR count). The molecule has 0 aliphatic heterocycles. The first-order valence-electron chi connectivity index (χ1n) is 6.64. The van der Waals surface area contributed by atoms with Gasteiger partial charge in [0.15, 0.2) is 0 Å². The maximum absolute atomic E-state index is 11.5. The predicted molar refractivity (Wildman–Crippen MR) is 76.3 cm³/mol. The van der Waals surface area contributed by atoms with E-state index < -0.39 is 11.5 Å². The number of pyridine rings is 1. The lowest BCUT2D eigenvalue weighted by Gasteiger charge is -2.30. The van der Waals surface area contributed by atoms with E-state index in [-0.39, 0.29) is 5.92 Å². The quantitative estimate of drug-likeness (QED) is 0.784. The van der Waals surface area contributed by atoms with Crippen LogP contribution in [0.1, 0.15) is 25.7 Å². The normalized spacial score (nSPS) is 26.5. The van der Waals surface area contributed by atoms with Crippen LogP contribution in [-0.2, 0) is 4.79 Å². The van der Waals surface area contributed by atoms with Crippen LogP contribution in [0.3, 0.4) is 0 Å². The van der Waals surface area contributed by atoms with Crippen LogP contribution in [0.5, 0.6) is 0 Å². The Labute approximate surface area is 118 Å². The lowest BCUT2D eigenvalue weighted by atomic mass is 9.85. The zero-order chi connectivity index (χ0) is 13.7. The van der Waals surface area contributed by atoms with Crippen molar-refractivity contribution < 1.29 is 9.90 Å². The van der Waals surface area contributed by atoms with Gasteiger partial charge in [-0.1, -0.05) is 6.42 Å². The van der Waals surface area contributed by atoms with E-state index in [0.29, 0.717) is 0 Å². The van der Waals surface area contributed by atoms with E-state index >= 15 is 0 Å². The second kappa shape index (κ2) is 6.39. The molecule has 0 radical (unpaired) electrons. The summed E-state index contributed by atoms with van der Waals surface area (Å²) in [5.74, 6) is 0.474. The fourth-order valence-corrected chi connectivity index (χ4v) is 3.89. The highest BCUT2D eigenvalue weighted by Gasteiger charge is 2.47. The zero-order valence-electron chi connectivity index (χ0n) is 11.1. The molecule has 0 amide bonds. The summed E-state index contributed by atoms with van der Waals surface area (Å²) in [4.78, 5) is 16.7. The Bertz CT molecular complexity index is 427. The number of carboxylic acid groups (broad SMARTS) is 1. The van der Waals surface area contributed by atoms with Gasteiger partial charge in [0.05, 0.1) is 0 Å². The summed E-state index contributed by atoms with van der Waals surface area (Å²) in [7, 11) is 1.77. The van der Waals surface area contributed by atoms with E-state index in [1.807, 2.05) is 12.1 Å². The molecule has 2 atom stereocenters. The fraction of sp³-hybridized carbons (Fsp3) is 0.571. The largest absolute Gasteiger partial charge is 0.480 e. The number of rotatable bonds is 6. The van der Waals surface area contributed by atoms with Gasteiger partial charge in [-0.25, -0.2) is 0 Å². The minimum atomic E-state index is -0.710. The Balaban J connectivity index is 1.90. The van der Waals surface area contributed by atoms with Crippen molar-refractivity contribution in [3.05, 3.63) is 24.5 Å². The minimum Gasteiger partial charge on any atom is -0.480 e. The number of thioether (sulfide) groups is 1. The summed E-state index contributed by atoms with van der Waals surface area (Å²) >= 11 is 1.77. The molecular formula is C14H20N2O2S. The monoisotopic (exact) mass is 280 g/mol. The number of aromatic nitrogens is 1. The highest BCUT2D eigenvalue weighted by Crippen LogP contribution is 2.39. The molecule has 2 N–H and O–H groups in total. The molecule has 104 valence electrons. The van der Waals surface area contributed by atoms with Gasteiger partial charge in [0, 0.05) is 17.3 Å². The Morgan fingerprint density at radius 2 is 2.32 bits per heavy atom. The van der Waals surface area contributed by atoms with Gasteiger partial charge in [-0.3, -0.25) is 9.78 Å². The van der Waals surface area contributed by atoms with Crippen LogP contribution in [0, 0.1) is 5.92 Å². The highest BCUT2D eigenvalue weighted by molar-refractivity contribution is 7.99. The summed E-state index contributed by atoms with van der Waals surface area (Å²) in [5.41, 5.74) is -0.710. The van der Waals surface area contributed by atoms with Crippen LogP contribution in [0.25, 0.3) is 0 Å². The second-order valence-electron chi connectivity index (χ2n) is 4.94. The number of likely N-dealkylation sites (N-methyl/N-ethyl adjacent to an activating group) is 1. The highest BCUT2D eigenvalue weighted by atomic mass is 32.2. The van der Waals surface area contributed by atoms with Crippen molar-refractivity contribution in [3.63, 3.8) is 0 Å². The SMILES string of the molecule is CNC1(C(=O)O)CCCC1CCSc1ccncc1. The molecule has 1 aromatic heterocycles. The van der Waals surface area contributed by atoms with E-state index in [9.17, 15) is 9.90 Å². The topological polar surface area (TPSA) is 62.2 Å².